The molecule has 7 rings (SSSR count). The Bertz CT molecular complexity index is 2080. The number of benzene rings is 2. The Balaban J connectivity index is 0.927. The predicted octanol–water partition coefficient (Wildman–Crippen LogP) is 2.82. The number of nitrogens with two attached hydrogens (primary N) is 1. The molecule has 1 saturated carbocycles. The van der Waals surface area contributed by atoms with Gasteiger partial charge in [0.25, 0.3) is 17.7 Å². The topological polar surface area (TPSA) is 192 Å². The Morgan fingerprint density at radius 1 is 1.09 bits per heavy atom. The van der Waals surface area contributed by atoms with Crippen LogP contribution >= 0.6 is 0 Å². The molecule has 2 saturated heterocycles. The lowest BCUT2D eigenvalue weighted by Gasteiger charge is -2.49. The number of piperidine rings is 1. The fourth-order valence-corrected chi connectivity index (χ4v) is 7.76. The average Bonchev–Trinajstić information content (AvgIpc) is 3.99. The van der Waals surface area contributed by atoms with Gasteiger partial charge < -0.3 is 41.0 Å². The summed E-state index contributed by atoms with van der Waals surface area (Å²) in [7, 11) is 1.40. The third-order valence-electron chi connectivity index (χ3n) is 11.1. The Hall–Kier alpha value is -5.97. The molecule has 3 aliphatic heterocycles. The zero-order valence-electron chi connectivity index (χ0n) is 32.2. The minimum absolute atomic E-state index is 0.0488. The highest BCUT2D eigenvalue weighted by atomic mass is 19.1. The summed E-state index contributed by atoms with van der Waals surface area (Å²) in [4.78, 5) is 76.7. The van der Waals surface area contributed by atoms with Gasteiger partial charge in [0.15, 0.2) is 11.5 Å². The number of hydrogen-bond acceptors (Lipinski definition) is 11. The molecule has 5 N–H and O–H groups in total. The molecule has 17 heteroatoms. The van der Waals surface area contributed by atoms with Gasteiger partial charge in [-0.3, -0.25) is 24.1 Å². The number of amides is 4. The van der Waals surface area contributed by atoms with Gasteiger partial charge in [0.05, 0.1) is 36.5 Å². The molecule has 58 heavy (non-hydrogen) atoms. The summed E-state index contributed by atoms with van der Waals surface area (Å²) in [5.41, 5.74) is 6.25. The van der Waals surface area contributed by atoms with Gasteiger partial charge in [-0.2, -0.15) is 0 Å². The van der Waals surface area contributed by atoms with Gasteiger partial charge >= 0.3 is 0 Å². The number of ether oxygens (including phenoxy) is 1. The quantitative estimate of drug-likeness (QED) is 0.123. The summed E-state index contributed by atoms with van der Waals surface area (Å²) in [5, 5.41) is 7.79. The lowest BCUT2D eigenvalue weighted by Crippen LogP contribution is -2.64. The van der Waals surface area contributed by atoms with Crippen LogP contribution in [0.3, 0.4) is 0 Å². The zero-order valence-corrected chi connectivity index (χ0v) is 32.2. The molecule has 0 bridgehead atoms. The summed E-state index contributed by atoms with van der Waals surface area (Å²) in [6, 6.07) is 8.10. The van der Waals surface area contributed by atoms with Crippen molar-refractivity contribution in [2.75, 3.05) is 56.6 Å². The minimum Gasteiger partial charge on any atom is -0.491 e. The Kier molecular flexibility index (Phi) is 12.0. The number of aldehydes is 1. The van der Waals surface area contributed by atoms with E-state index in [4.69, 9.17) is 10.5 Å². The molecule has 1 aromatic heterocycles. The van der Waals surface area contributed by atoms with Crippen molar-refractivity contribution in [3.8, 4) is 5.75 Å². The Labute approximate surface area is 334 Å². The van der Waals surface area contributed by atoms with E-state index in [0.717, 1.165) is 24.6 Å². The number of nitrogens with zero attached hydrogens (tertiary/aromatic N) is 5. The number of likely N-dealkylation sites (N-methyl/N-ethyl adjacent to an activating group) is 1. The van der Waals surface area contributed by atoms with Crippen LogP contribution in [0.15, 0.2) is 55.0 Å². The SMILES string of the molecule is CNC(=O)C(CCC=O)NC(=O)c1ccc(N2CC(F)(CN3CCC(N4Cc5cc(NC(=O)/C(=C/N)c6ncccn6)c(OCC6CC6)cc5C4=O)CC3)C2)cc1F. The molecule has 4 aliphatic rings. The van der Waals surface area contributed by atoms with Crippen LogP contribution in [-0.4, -0.2) is 114 Å². The zero-order chi connectivity index (χ0) is 41.0. The van der Waals surface area contributed by atoms with Crippen molar-refractivity contribution < 1.29 is 37.5 Å². The number of halogens is 2. The van der Waals surface area contributed by atoms with Crippen LogP contribution in [0.2, 0.25) is 0 Å². The van der Waals surface area contributed by atoms with Crippen molar-refractivity contribution in [3.05, 3.63) is 83.3 Å². The summed E-state index contributed by atoms with van der Waals surface area (Å²) in [6.45, 7) is 2.30. The van der Waals surface area contributed by atoms with Crippen molar-refractivity contribution >= 4 is 46.9 Å². The largest absolute Gasteiger partial charge is 0.491 e. The number of rotatable bonds is 16. The molecular formula is C41H47F2N9O6. The molecule has 1 unspecified atom stereocenters. The number of carbonyl (C=O) groups excluding carboxylic acids is 5. The van der Waals surface area contributed by atoms with E-state index < -0.39 is 35.2 Å². The van der Waals surface area contributed by atoms with Crippen molar-refractivity contribution in [2.24, 2.45) is 11.7 Å². The predicted molar refractivity (Wildman–Crippen MR) is 210 cm³/mol. The van der Waals surface area contributed by atoms with Gasteiger partial charge in [-0.15, -0.1) is 0 Å². The van der Waals surface area contributed by atoms with Crippen LogP contribution < -0.4 is 31.3 Å². The lowest BCUT2D eigenvalue weighted by molar-refractivity contribution is -0.122. The van der Waals surface area contributed by atoms with E-state index in [1.165, 1.54) is 31.6 Å². The molecule has 15 nitrogen and oxygen atoms in total. The third kappa shape index (κ3) is 8.93. The molecule has 4 heterocycles. The van der Waals surface area contributed by atoms with Gasteiger partial charge in [-0.25, -0.2) is 18.7 Å². The molecule has 1 aliphatic carbocycles. The van der Waals surface area contributed by atoms with Gasteiger partial charge in [-0.1, -0.05) is 0 Å². The van der Waals surface area contributed by atoms with E-state index in [1.54, 1.807) is 29.2 Å². The van der Waals surface area contributed by atoms with E-state index in [0.29, 0.717) is 74.0 Å². The fraction of sp³-hybridized carbons (Fsp3) is 0.439. The second-order valence-electron chi connectivity index (χ2n) is 15.4. The molecule has 2 aromatic carbocycles. The summed E-state index contributed by atoms with van der Waals surface area (Å²) in [5.74, 6) is -1.70. The van der Waals surface area contributed by atoms with E-state index in [9.17, 15) is 24.0 Å². The summed E-state index contributed by atoms with van der Waals surface area (Å²) in [6.07, 6.45) is 8.39. The van der Waals surface area contributed by atoms with E-state index in [1.807, 2.05) is 4.90 Å². The van der Waals surface area contributed by atoms with Crippen molar-refractivity contribution in [2.45, 2.75) is 62.8 Å². The first-order chi connectivity index (χ1) is 28.0. The molecule has 0 radical (unpaired) electrons. The van der Waals surface area contributed by atoms with Gasteiger partial charge in [0, 0.05) is 75.5 Å². The first-order valence-corrected chi connectivity index (χ1v) is 19.5. The number of anilines is 2. The monoisotopic (exact) mass is 799 g/mol. The van der Waals surface area contributed by atoms with Crippen molar-refractivity contribution in [1.29, 1.82) is 0 Å². The second kappa shape index (κ2) is 17.3. The molecule has 0 spiro atoms. The number of likely N-dealkylation sites (tertiary alicyclic amines) is 1. The van der Waals surface area contributed by atoms with Crippen LogP contribution in [0.4, 0.5) is 20.2 Å². The fourth-order valence-electron chi connectivity index (χ4n) is 7.76. The highest BCUT2D eigenvalue weighted by molar-refractivity contribution is 6.24. The number of nitrogens with one attached hydrogen (secondary N) is 3. The van der Waals surface area contributed by atoms with Gasteiger partial charge in [0.1, 0.15) is 23.9 Å². The highest BCUT2D eigenvalue weighted by Gasteiger charge is 2.46. The molecular weight excluding hydrogens is 753 g/mol. The van der Waals surface area contributed by atoms with Crippen LogP contribution in [0, 0.1) is 11.7 Å². The normalized spacial score (nSPS) is 18.5. The number of fused-ring (bicyclic) bond motifs is 1. The van der Waals surface area contributed by atoms with E-state index >= 15 is 8.78 Å². The Morgan fingerprint density at radius 2 is 1.83 bits per heavy atom. The molecule has 3 aromatic rings. The molecule has 306 valence electrons. The standard InChI is InChI=1S/C41H47F2N9O6/c1-45-39(56)33(4-2-15-53)48-37(54)29-8-7-28(17-32(29)42)51-23-41(43,24-51)22-50-13-9-27(10-14-50)52-20-26-16-34(35(18-30(26)40(52)57)58-21-25-5-6-25)49-38(55)31(19-44)36-46-11-3-12-47-36/h3,7-8,11-12,15-19,25,27,33H,2,4-6,9-10,13-14,20-24,44H2,1H3,(H,45,56)(H,48,54)(H,49,55)/b31-19+. The van der Waals surface area contributed by atoms with Crippen molar-refractivity contribution in [1.82, 2.24) is 30.4 Å². The maximum atomic E-state index is 16.0. The minimum atomic E-state index is -1.53. The summed E-state index contributed by atoms with van der Waals surface area (Å²) < 4.78 is 37.2. The number of hydrogen-bond donors (Lipinski definition) is 4. The van der Waals surface area contributed by atoms with E-state index in [-0.39, 0.29) is 61.4 Å². The molecule has 3 fully saturated rings. The average molecular weight is 800 g/mol. The van der Waals surface area contributed by atoms with E-state index in [2.05, 4.69) is 30.8 Å². The molecule has 4 amide bonds. The van der Waals surface area contributed by atoms with Crippen LogP contribution in [0.5, 0.6) is 5.75 Å². The maximum Gasteiger partial charge on any atom is 0.261 e. The second-order valence-corrected chi connectivity index (χ2v) is 15.4. The first kappa shape index (κ1) is 40.2. The van der Waals surface area contributed by atoms with Gasteiger partial charge in [0.2, 0.25) is 5.91 Å². The number of alkyl halides is 1. The van der Waals surface area contributed by atoms with Crippen LogP contribution in [-0.2, 0) is 20.9 Å². The summed E-state index contributed by atoms with van der Waals surface area (Å²) >= 11 is 0. The van der Waals surface area contributed by atoms with Gasteiger partial charge in [-0.05, 0) is 80.0 Å². The van der Waals surface area contributed by atoms with Crippen LogP contribution in [0.25, 0.3) is 5.57 Å². The number of carbonyl (C=O) groups is 5. The van der Waals surface area contributed by atoms with Crippen molar-refractivity contribution in [3.63, 3.8) is 0 Å². The number of aromatic nitrogens is 2. The third-order valence-corrected chi connectivity index (χ3v) is 11.1. The maximum absolute atomic E-state index is 16.0. The van der Waals surface area contributed by atoms with Crippen LogP contribution in [0.1, 0.15) is 70.6 Å². The highest BCUT2D eigenvalue weighted by Crippen LogP contribution is 2.39. The molecule has 1 atom stereocenters. The first-order valence-electron chi connectivity index (χ1n) is 19.5. The lowest BCUT2D eigenvalue weighted by atomic mass is 9.92. The smallest absolute Gasteiger partial charge is 0.261 e. The Morgan fingerprint density at radius 3 is 2.48 bits per heavy atom.